The van der Waals surface area contributed by atoms with E-state index in [0.717, 1.165) is 22.4 Å². The van der Waals surface area contributed by atoms with Gasteiger partial charge in [-0.2, -0.15) is 5.10 Å². The molecule has 0 spiro atoms. The molecule has 4 rings (SSSR count). The number of nitrogens with zero attached hydrogens (tertiary/aromatic N) is 2. The Morgan fingerprint density at radius 3 is 2.65 bits per heavy atom. The van der Waals surface area contributed by atoms with E-state index in [-0.39, 0.29) is 24.2 Å². The summed E-state index contributed by atoms with van der Waals surface area (Å²) >= 11 is 12.2. The zero-order valence-electron chi connectivity index (χ0n) is 19.1. The quantitative estimate of drug-likeness (QED) is 0.282. The van der Waals surface area contributed by atoms with E-state index < -0.39 is 0 Å². The van der Waals surface area contributed by atoms with Crippen LogP contribution in [0.2, 0.25) is 10.0 Å². The van der Waals surface area contributed by atoms with Gasteiger partial charge in [-0.15, -0.1) is 0 Å². The first-order valence-corrected chi connectivity index (χ1v) is 11.6. The molecule has 0 unspecified atom stereocenters. The summed E-state index contributed by atoms with van der Waals surface area (Å²) in [6.45, 7) is 6.87. The maximum absolute atomic E-state index is 12.6. The van der Waals surface area contributed by atoms with Crippen LogP contribution in [0, 0.1) is 6.92 Å². The van der Waals surface area contributed by atoms with Gasteiger partial charge < -0.3 is 14.5 Å². The second-order valence-electron chi connectivity index (χ2n) is 8.36. The van der Waals surface area contributed by atoms with Gasteiger partial charge in [0.15, 0.2) is 5.76 Å². The molecule has 2 heterocycles. The molecule has 1 amide bonds. The van der Waals surface area contributed by atoms with Gasteiger partial charge in [-0.05, 0) is 65.9 Å². The highest BCUT2D eigenvalue weighted by atomic mass is 35.5. The number of amides is 1. The largest absolute Gasteiger partial charge is 0.485 e. The fourth-order valence-electron chi connectivity index (χ4n) is 3.46. The van der Waals surface area contributed by atoms with Crippen molar-refractivity contribution >= 4 is 34.8 Å². The van der Waals surface area contributed by atoms with Crippen LogP contribution < -0.4 is 10.1 Å². The molecular weight excluding hydrogens is 473 g/mol. The molecule has 34 heavy (non-hydrogen) atoms. The van der Waals surface area contributed by atoms with Gasteiger partial charge in [0.2, 0.25) is 0 Å². The number of rotatable bonds is 8. The summed E-state index contributed by atoms with van der Waals surface area (Å²) in [6, 6.07) is 14.8. The number of aromatic nitrogens is 2. The van der Waals surface area contributed by atoms with Crippen LogP contribution in [-0.4, -0.2) is 15.7 Å². The van der Waals surface area contributed by atoms with E-state index in [1.54, 1.807) is 29.2 Å². The van der Waals surface area contributed by atoms with E-state index in [1.807, 2.05) is 43.3 Å². The van der Waals surface area contributed by atoms with Gasteiger partial charge in [-0.25, -0.2) is 0 Å². The van der Waals surface area contributed by atoms with Crippen molar-refractivity contribution in [3.8, 4) is 5.75 Å². The minimum absolute atomic E-state index is 0.195. The maximum Gasteiger partial charge on any atom is 0.291 e. The van der Waals surface area contributed by atoms with Crippen molar-refractivity contribution in [3.05, 3.63) is 99.2 Å². The zero-order chi connectivity index (χ0) is 24.2. The summed E-state index contributed by atoms with van der Waals surface area (Å²) in [7, 11) is 0. The minimum atomic E-state index is -0.359. The summed E-state index contributed by atoms with van der Waals surface area (Å²) in [5.74, 6) is 1.40. The first-order valence-electron chi connectivity index (χ1n) is 10.9. The Balaban J connectivity index is 1.36. The Labute approximate surface area is 208 Å². The monoisotopic (exact) mass is 497 g/mol. The normalized spacial score (nSPS) is 11.1. The van der Waals surface area contributed by atoms with Crippen LogP contribution in [0.1, 0.15) is 52.8 Å². The van der Waals surface area contributed by atoms with E-state index in [0.29, 0.717) is 28.0 Å². The van der Waals surface area contributed by atoms with Crippen LogP contribution in [-0.2, 0) is 13.2 Å². The number of anilines is 1. The highest BCUT2D eigenvalue weighted by Gasteiger charge is 2.15. The number of carbonyl (C=O) groups is 1. The van der Waals surface area contributed by atoms with Gasteiger partial charge in [0.05, 0.1) is 18.4 Å². The summed E-state index contributed by atoms with van der Waals surface area (Å²) in [4.78, 5) is 12.6. The van der Waals surface area contributed by atoms with Crippen LogP contribution in [0.4, 0.5) is 5.69 Å². The maximum atomic E-state index is 12.6. The first kappa shape index (κ1) is 23.9. The number of ether oxygens (including phenoxy) is 1. The number of hydrogen-bond acceptors (Lipinski definition) is 4. The molecule has 0 bridgehead atoms. The van der Waals surface area contributed by atoms with Crippen molar-refractivity contribution in [2.45, 2.75) is 39.8 Å². The summed E-state index contributed by atoms with van der Waals surface area (Å²) in [6.07, 6.45) is 3.35. The second kappa shape index (κ2) is 10.4. The van der Waals surface area contributed by atoms with E-state index >= 15 is 0 Å². The second-order valence-corrected chi connectivity index (χ2v) is 9.20. The average Bonchev–Trinajstić information content (AvgIpc) is 3.45. The summed E-state index contributed by atoms with van der Waals surface area (Å²) in [5.41, 5.74) is 3.59. The fourth-order valence-corrected chi connectivity index (χ4v) is 3.76. The van der Waals surface area contributed by atoms with Gasteiger partial charge in [-0.3, -0.25) is 9.48 Å². The molecule has 0 aliphatic heterocycles. The molecule has 0 fully saturated rings. The third-order valence-corrected chi connectivity index (χ3v) is 5.98. The predicted molar refractivity (Wildman–Crippen MR) is 134 cm³/mol. The van der Waals surface area contributed by atoms with Crippen molar-refractivity contribution in [1.82, 2.24) is 9.78 Å². The molecular formula is C26H25Cl2N3O3. The Bertz CT molecular complexity index is 1290. The molecule has 1 N–H and O–H groups in total. The fraction of sp³-hybridized carbons (Fsp3) is 0.231. The van der Waals surface area contributed by atoms with Crippen LogP contribution in [0.3, 0.4) is 0 Å². The zero-order valence-corrected chi connectivity index (χ0v) is 20.7. The highest BCUT2D eigenvalue weighted by molar-refractivity contribution is 6.31. The average molecular weight is 498 g/mol. The number of furan rings is 1. The van der Waals surface area contributed by atoms with Gasteiger partial charge in [0.1, 0.15) is 18.1 Å². The van der Waals surface area contributed by atoms with Crippen molar-refractivity contribution in [3.63, 3.8) is 0 Å². The SMILES string of the molecule is Cc1cc(OCc2ccc(C(=O)Nc3cnn(Cc4ccc(Cl)cc4)c3)o2)c(C(C)C)cc1Cl. The van der Waals surface area contributed by atoms with Gasteiger partial charge in [-0.1, -0.05) is 49.2 Å². The molecule has 0 radical (unpaired) electrons. The number of aryl methyl sites for hydroxylation is 1. The van der Waals surface area contributed by atoms with Crippen LogP contribution in [0.5, 0.6) is 5.75 Å². The first-order chi connectivity index (χ1) is 16.3. The number of nitrogens with one attached hydrogen (secondary N) is 1. The summed E-state index contributed by atoms with van der Waals surface area (Å²) in [5, 5.41) is 8.50. The van der Waals surface area contributed by atoms with E-state index in [9.17, 15) is 4.79 Å². The van der Waals surface area contributed by atoms with Crippen molar-refractivity contribution in [2.75, 3.05) is 5.32 Å². The lowest BCUT2D eigenvalue weighted by Crippen LogP contribution is -2.10. The number of carbonyl (C=O) groups excluding carboxylic acids is 1. The number of benzene rings is 2. The van der Waals surface area contributed by atoms with Crippen LogP contribution >= 0.6 is 23.2 Å². The minimum Gasteiger partial charge on any atom is -0.485 e. The molecule has 0 saturated carbocycles. The molecule has 2 aromatic heterocycles. The Hall–Kier alpha value is -3.22. The standard InChI is InChI=1S/C26H25Cl2N3O3/c1-16(2)22-11-23(28)17(3)10-25(22)33-15-21-8-9-24(34-21)26(32)30-20-12-29-31(14-20)13-18-4-6-19(27)7-5-18/h4-12,14,16H,13,15H2,1-3H3,(H,30,32). The lowest BCUT2D eigenvalue weighted by molar-refractivity contribution is 0.0992. The molecule has 176 valence electrons. The molecule has 8 heteroatoms. The van der Waals surface area contributed by atoms with Crippen molar-refractivity contribution < 1.29 is 13.9 Å². The molecule has 4 aromatic rings. The summed E-state index contributed by atoms with van der Waals surface area (Å²) < 4.78 is 13.4. The molecule has 0 atom stereocenters. The number of hydrogen-bond donors (Lipinski definition) is 1. The third-order valence-electron chi connectivity index (χ3n) is 5.32. The lowest BCUT2D eigenvalue weighted by Gasteiger charge is -2.15. The van der Waals surface area contributed by atoms with Crippen molar-refractivity contribution in [2.24, 2.45) is 0 Å². The van der Waals surface area contributed by atoms with Gasteiger partial charge in [0.25, 0.3) is 5.91 Å². The smallest absolute Gasteiger partial charge is 0.291 e. The molecule has 6 nitrogen and oxygen atoms in total. The molecule has 0 saturated heterocycles. The van der Waals surface area contributed by atoms with Crippen LogP contribution in [0.15, 0.2) is 65.3 Å². The molecule has 0 aliphatic rings. The highest BCUT2D eigenvalue weighted by Crippen LogP contribution is 2.32. The number of halogens is 2. The van der Waals surface area contributed by atoms with E-state index in [4.69, 9.17) is 32.4 Å². The Morgan fingerprint density at radius 1 is 1.15 bits per heavy atom. The van der Waals surface area contributed by atoms with Crippen LogP contribution in [0.25, 0.3) is 0 Å². The van der Waals surface area contributed by atoms with Gasteiger partial charge >= 0.3 is 0 Å². The third kappa shape index (κ3) is 5.82. The lowest BCUT2D eigenvalue weighted by atomic mass is 10.0. The van der Waals surface area contributed by atoms with E-state index in [2.05, 4.69) is 24.3 Å². The van der Waals surface area contributed by atoms with E-state index in [1.165, 1.54) is 0 Å². The Morgan fingerprint density at radius 2 is 1.91 bits per heavy atom. The Kier molecular flexibility index (Phi) is 7.29. The van der Waals surface area contributed by atoms with Crippen molar-refractivity contribution in [1.29, 1.82) is 0 Å². The topological polar surface area (TPSA) is 69.3 Å². The molecule has 0 aliphatic carbocycles. The van der Waals surface area contributed by atoms with Gasteiger partial charge in [0, 0.05) is 16.2 Å². The molecule has 2 aromatic carbocycles. The predicted octanol–water partition coefficient (Wildman–Crippen LogP) is 7.09.